The van der Waals surface area contributed by atoms with Gasteiger partial charge in [0.2, 0.25) is 0 Å². The number of hydrogen-bond acceptors (Lipinski definition) is 4. The molecule has 0 heterocycles. The highest BCUT2D eigenvalue weighted by Crippen LogP contribution is 2.40. The molecule has 0 fully saturated rings. The highest BCUT2D eigenvalue weighted by atomic mass is 16.3. The van der Waals surface area contributed by atoms with E-state index in [2.05, 4.69) is 41.5 Å². The van der Waals surface area contributed by atoms with E-state index in [1.54, 1.807) is 0 Å². The van der Waals surface area contributed by atoms with Gasteiger partial charge in [0.05, 0.1) is 0 Å². The quantitative estimate of drug-likeness (QED) is 0.719. The maximum Gasteiger partial charge on any atom is 0.167 e. The number of carbonyl (C=O) groups is 1. The molecule has 0 aliphatic carbocycles. The van der Waals surface area contributed by atoms with E-state index in [0.29, 0.717) is 25.0 Å². The third-order valence-electron chi connectivity index (χ3n) is 4.53. The standard InChI is InChI=1S/C20H34N2O2/c1-8-20(21,22)16(23)10-9-13-11-14(18(2,3)4)17(24)15(12-13)19(5,6)7/h11-12,24H,8-10,21-22H2,1-7H3. The molecule has 0 aliphatic heterocycles. The number of hydrogen-bond donors (Lipinski definition) is 3. The number of aromatic hydroxyl groups is 1. The fraction of sp³-hybridized carbons (Fsp3) is 0.650. The zero-order valence-corrected chi connectivity index (χ0v) is 16.3. The van der Waals surface area contributed by atoms with E-state index in [4.69, 9.17) is 11.5 Å². The first-order chi connectivity index (χ1) is 10.7. The van der Waals surface area contributed by atoms with Crippen LogP contribution in [0.2, 0.25) is 0 Å². The zero-order chi connectivity index (χ0) is 18.9. The molecule has 1 rings (SSSR count). The highest BCUT2D eigenvalue weighted by Gasteiger charge is 2.28. The van der Waals surface area contributed by atoms with Gasteiger partial charge in [-0.05, 0) is 40.4 Å². The lowest BCUT2D eigenvalue weighted by molar-refractivity contribution is -0.124. The van der Waals surface area contributed by atoms with Gasteiger partial charge < -0.3 is 16.6 Å². The van der Waals surface area contributed by atoms with Crippen LogP contribution in [0.1, 0.15) is 78.0 Å². The largest absolute Gasteiger partial charge is 0.507 e. The van der Waals surface area contributed by atoms with Crippen molar-refractivity contribution in [3.8, 4) is 5.75 Å². The summed E-state index contributed by atoms with van der Waals surface area (Å²) in [6, 6.07) is 4.00. The Hall–Kier alpha value is -1.39. The van der Waals surface area contributed by atoms with E-state index < -0.39 is 5.66 Å². The van der Waals surface area contributed by atoms with Crippen LogP contribution in [-0.4, -0.2) is 16.6 Å². The molecular formula is C20H34N2O2. The van der Waals surface area contributed by atoms with Gasteiger partial charge in [-0.15, -0.1) is 0 Å². The smallest absolute Gasteiger partial charge is 0.167 e. The number of phenolic OH excluding ortho intramolecular Hbond substituents is 1. The molecule has 0 spiro atoms. The Kier molecular flexibility index (Phi) is 5.89. The Bertz CT molecular complexity index is 570. The number of carbonyl (C=O) groups excluding carboxylic acids is 1. The number of nitrogens with two attached hydrogens (primary N) is 2. The summed E-state index contributed by atoms with van der Waals surface area (Å²) in [5, 5.41) is 10.7. The summed E-state index contributed by atoms with van der Waals surface area (Å²) in [4.78, 5) is 12.2. The monoisotopic (exact) mass is 334 g/mol. The molecule has 0 aromatic heterocycles. The van der Waals surface area contributed by atoms with Crippen LogP contribution in [0.5, 0.6) is 5.75 Å². The van der Waals surface area contributed by atoms with Crippen molar-refractivity contribution in [1.29, 1.82) is 0 Å². The molecule has 0 aliphatic rings. The topological polar surface area (TPSA) is 89.3 Å². The second kappa shape index (κ2) is 6.85. The molecule has 0 atom stereocenters. The van der Waals surface area contributed by atoms with Crippen molar-refractivity contribution in [2.24, 2.45) is 11.5 Å². The Morgan fingerprint density at radius 1 is 1.00 bits per heavy atom. The highest BCUT2D eigenvalue weighted by molar-refractivity contribution is 5.87. The summed E-state index contributed by atoms with van der Waals surface area (Å²) in [6.07, 6.45) is 1.29. The molecule has 0 radical (unpaired) electrons. The normalized spacial score (nSPS) is 13.2. The molecule has 1 aromatic carbocycles. The number of aryl methyl sites for hydroxylation is 1. The van der Waals surface area contributed by atoms with Crippen molar-refractivity contribution >= 4 is 5.78 Å². The van der Waals surface area contributed by atoms with E-state index in [0.717, 1.165) is 16.7 Å². The van der Waals surface area contributed by atoms with Gasteiger partial charge in [0.1, 0.15) is 11.4 Å². The van der Waals surface area contributed by atoms with Gasteiger partial charge in [0.15, 0.2) is 5.78 Å². The molecule has 5 N–H and O–H groups in total. The Labute approximate surface area is 146 Å². The van der Waals surface area contributed by atoms with Crippen LogP contribution in [0.25, 0.3) is 0 Å². The second-order valence-electron chi connectivity index (χ2n) is 8.86. The average Bonchev–Trinajstić information content (AvgIpc) is 2.43. The van der Waals surface area contributed by atoms with Crippen molar-refractivity contribution in [3.63, 3.8) is 0 Å². The van der Waals surface area contributed by atoms with Gasteiger partial charge in [-0.3, -0.25) is 4.79 Å². The first kappa shape index (κ1) is 20.7. The van der Waals surface area contributed by atoms with Gasteiger partial charge >= 0.3 is 0 Å². The zero-order valence-electron chi connectivity index (χ0n) is 16.3. The van der Waals surface area contributed by atoms with E-state index in [1.165, 1.54) is 0 Å². The Morgan fingerprint density at radius 2 is 1.42 bits per heavy atom. The van der Waals surface area contributed by atoms with Crippen molar-refractivity contribution < 1.29 is 9.90 Å². The van der Waals surface area contributed by atoms with Gasteiger partial charge in [0.25, 0.3) is 0 Å². The molecule has 4 heteroatoms. The summed E-state index contributed by atoms with van der Waals surface area (Å²) < 4.78 is 0. The number of ketones is 1. The van der Waals surface area contributed by atoms with Crippen molar-refractivity contribution in [1.82, 2.24) is 0 Å². The molecule has 0 unspecified atom stereocenters. The van der Waals surface area contributed by atoms with Crippen LogP contribution < -0.4 is 11.5 Å². The summed E-state index contributed by atoms with van der Waals surface area (Å²) in [5.74, 6) is 0.221. The lowest BCUT2D eigenvalue weighted by Crippen LogP contribution is -2.55. The first-order valence-electron chi connectivity index (χ1n) is 8.68. The predicted molar refractivity (Wildman–Crippen MR) is 100 cm³/mol. The van der Waals surface area contributed by atoms with Crippen LogP contribution in [0.15, 0.2) is 12.1 Å². The van der Waals surface area contributed by atoms with Gasteiger partial charge in [0, 0.05) is 6.42 Å². The van der Waals surface area contributed by atoms with Gasteiger partial charge in [-0.25, -0.2) is 0 Å². The number of rotatable bonds is 5. The number of Topliss-reactive ketones (excluding diaryl/α,β-unsaturated/α-hetero) is 1. The molecule has 0 amide bonds. The summed E-state index contributed by atoms with van der Waals surface area (Å²) in [7, 11) is 0. The Morgan fingerprint density at radius 3 is 1.75 bits per heavy atom. The molecule has 0 bridgehead atoms. The fourth-order valence-electron chi connectivity index (χ4n) is 2.67. The summed E-state index contributed by atoms with van der Waals surface area (Å²) in [6.45, 7) is 14.3. The lowest BCUT2D eigenvalue weighted by Gasteiger charge is -2.28. The minimum Gasteiger partial charge on any atom is -0.507 e. The van der Waals surface area contributed by atoms with Crippen LogP contribution in [0, 0.1) is 0 Å². The van der Waals surface area contributed by atoms with Crippen LogP contribution in [0.3, 0.4) is 0 Å². The van der Waals surface area contributed by atoms with Crippen molar-refractivity contribution in [2.75, 3.05) is 0 Å². The van der Waals surface area contributed by atoms with Crippen LogP contribution in [0.4, 0.5) is 0 Å². The van der Waals surface area contributed by atoms with Crippen LogP contribution in [-0.2, 0) is 22.0 Å². The maximum atomic E-state index is 12.2. The first-order valence-corrected chi connectivity index (χ1v) is 8.68. The molecular weight excluding hydrogens is 300 g/mol. The molecule has 136 valence electrons. The number of phenols is 1. The Balaban J connectivity index is 3.23. The SMILES string of the molecule is CCC(N)(N)C(=O)CCc1cc(C(C)(C)C)c(O)c(C(C)(C)C)c1. The summed E-state index contributed by atoms with van der Waals surface area (Å²) >= 11 is 0. The minimum atomic E-state index is -1.25. The predicted octanol–water partition coefficient (Wildman–Crippen LogP) is 3.51. The lowest BCUT2D eigenvalue weighted by atomic mass is 9.78. The molecule has 24 heavy (non-hydrogen) atoms. The van der Waals surface area contributed by atoms with Gasteiger partial charge in [-0.2, -0.15) is 0 Å². The van der Waals surface area contributed by atoms with E-state index in [-0.39, 0.29) is 16.6 Å². The molecule has 4 nitrogen and oxygen atoms in total. The summed E-state index contributed by atoms with van der Waals surface area (Å²) in [5.41, 5.74) is 12.9. The van der Waals surface area contributed by atoms with Crippen molar-refractivity contribution in [2.45, 2.75) is 84.2 Å². The van der Waals surface area contributed by atoms with E-state index in [9.17, 15) is 9.90 Å². The minimum absolute atomic E-state index is 0.132. The third-order valence-corrected chi connectivity index (χ3v) is 4.53. The fourth-order valence-corrected chi connectivity index (χ4v) is 2.67. The average molecular weight is 335 g/mol. The second-order valence-corrected chi connectivity index (χ2v) is 8.86. The van der Waals surface area contributed by atoms with E-state index >= 15 is 0 Å². The van der Waals surface area contributed by atoms with Crippen molar-refractivity contribution in [3.05, 3.63) is 28.8 Å². The van der Waals surface area contributed by atoms with Gasteiger partial charge in [-0.1, -0.05) is 60.6 Å². The van der Waals surface area contributed by atoms with E-state index in [1.807, 2.05) is 19.1 Å². The molecule has 1 aromatic rings. The molecule has 0 saturated heterocycles. The number of benzene rings is 1. The third kappa shape index (κ3) is 4.81. The molecule has 0 saturated carbocycles. The van der Waals surface area contributed by atoms with Crippen LogP contribution >= 0.6 is 0 Å². The maximum absolute atomic E-state index is 12.2.